The van der Waals surface area contributed by atoms with E-state index in [0.717, 1.165) is 0 Å². The van der Waals surface area contributed by atoms with Crippen LogP contribution in [0.15, 0.2) is 60.7 Å². The van der Waals surface area contributed by atoms with Crippen LogP contribution in [-0.4, -0.2) is 18.4 Å². The third-order valence-corrected chi connectivity index (χ3v) is 7.63. The van der Waals surface area contributed by atoms with Crippen LogP contribution in [0.1, 0.15) is 0 Å². The van der Waals surface area contributed by atoms with Crippen molar-refractivity contribution in [1.82, 2.24) is 0 Å². The van der Waals surface area contributed by atoms with Crippen molar-refractivity contribution in [3.05, 3.63) is 60.7 Å². The van der Waals surface area contributed by atoms with Crippen molar-refractivity contribution in [2.24, 2.45) is 0 Å². The summed E-state index contributed by atoms with van der Waals surface area (Å²) in [6.45, 7) is 0. The molecule has 0 nitrogen and oxygen atoms in total. The molecule has 0 amide bonds. The van der Waals surface area contributed by atoms with E-state index in [1.807, 2.05) is 0 Å². The fourth-order valence-electron chi connectivity index (χ4n) is 1.66. The van der Waals surface area contributed by atoms with Gasteiger partial charge in [-0.25, -0.2) is 0 Å². The van der Waals surface area contributed by atoms with Crippen molar-refractivity contribution in [1.29, 1.82) is 0 Å². The molecule has 0 radical (unpaired) electrons. The van der Waals surface area contributed by atoms with Gasteiger partial charge in [-0.1, -0.05) is 0 Å². The average Bonchev–Trinajstić information content (AvgIpc) is 2.40. The van der Waals surface area contributed by atoms with Crippen LogP contribution in [0.4, 0.5) is 0 Å². The zero-order valence-electron chi connectivity index (χ0n) is 11.7. The molecule has 0 N–H and O–H groups in total. The Balaban J connectivity index is 2.42. The van der Waals surface area contributed by atoms with Crippen LogP contribution in [0.25, 0.3) is 0 Å². The fraction of sp³-hybridized carbons (Fsp3) is 0.176. The average molecular weight is 373 g/mol. The van der Waals surface area contributed by atoms with Gasteiger partial charge in [0.05, 0.1) is 0 Å². The van der Waals surface area contributed by atoms with Crippen molar-refractivity contribution in [2.45, 2.75) is 14.8 Å². The van der Waals surface area contributed by atoms with Gasteiger partial charge in [-0.2, -0.15) is 0 Å². The third kappa shape index (κ3) is 4.68. The molecule has 0 spiro atoms. The molecule has 0 unspecified atom stereocenters. The van der Waals surface area contributed by atoms with Gasteiger partial charge in [-0.3, -0.25) is 0 Å². The summed E-state index contributed by atoms with van der Waals surface area (Å²) in [6.07, 6.45) is 0. The van der Waals surface area contributed by atoms with Crippen LogP contribution in [0.5, 0.6) is 0 Å². The molecule has 0 aliphatic carbocycles. The van der Waals surface area contributed by atoms with Crippen LogP contribution in [0.2, 0.25) is 14.8 Å². The molecular formula is C17H19PSn. The molecule has 0 bridgehead atoms. The maximum absolute atomic E-state index is 3.61. The Hall–Kier alpha value is -0.771. The molecule has 0 heterocycles. The Kier molecular flexibility index (Phi) is 5.08. The molecule has 0 fully saturated rings. The maximum atomic E-state index is 3.61. The molecule has 0 saturated heterocycles. The van der Waals surface area contributed by atoms with E-state index in [2.05, 4.69) is 85.1 Å². The summed E-state index contributed by atoms with van der Waals surface area (Å²) in [5, 5.41) is 2.71. The topological polar surface area (TPSA) is 0 Å². The second kappa shape index (κ2) is 6.60. The summed E-state index contributed by atoms with van der Waals surface area (Å²) in [4.78, 5) is 7.10. The van der Waals surface area contributed by atoms with Gasteiger partial charge >= 0.3 is 122 Å². The number of hydrogen-bond acceptors (Lipinski definition) is 0. The Bertz CT molecular complexity index is 534. The van der Waals surface area contributed by atoms with Crippen molar-refractivity contribution < 1.29 is 0 Å². The van der Waals surface area contributed by atoms with Gasteiger partial charge in [0.15, 0.2) is 0 Å². The molecular weight excluding hydrogens is 354 g/mol. The van der Waals surface area contributed by atoms with Crippen LogP contribution >= 0.6 is 7.92 Å². The van der Waals surface area contributed by atoms with E-state index in [1.165, 1.54) is 10.6 Å². The van der Waals surface area contributed by atoms with Crippen molar-refractivity contribution >= 4 is 36.9 Å². The van der Waals surface area contributed by atoms with Gasteiger partial charge in [-0.05, 0) is 0 Å². The Morgan fingerprint density at radius 1 is 0.737 bits per heavy atom. The Labute approximate surface area is 121 Å². The van der Waals surface area contributed by atoms with E-state index < -0.39 is 26.3 Å². The van der Waals surface area contributed by atoms with Gasteiger partial charge < -0.3 is 0 Å². The van der Waals surface area contributed by atoms with Crippen LogP contribution < -0.4 is 10.6 Å². The summed E-state index contributed by atoms with van der Waals surface area (Å²) < 4.78 is 3.61. The molecule has 2 aromatic rings. The fourth-order valence-corrected chi connectivity index (χ4v) is 7.43. The molecule has 0 aliphatic rings. The van der Waals surface area contributed by atoms with Gasteiger partial charge in [-0.15, -0.1) is 0 Å². The molecule has 0 aliphatic heterocycles. The molecule has 2 aromatic carbocycles. The first kappa shape index (κ1) is 14.6. The Morgan fingerprint density at radius 3 is 1.53 bits per heavy atom. The van der Waals surface area contributed by atoms with Crippen molar-refractivity contribution in [2.75, 3.05) is 0 Å². The molecule has 2 rings (SSSR count). The summed E-state index contributed by atoms with van der Waals surface area (Å²) >= 11 is -2.04. The summed E-state index contributed by atoms with van der Waals surface area (Å²) in [5.41, 5.74) is 3.60. The Morgan fingerprint density at radius 2 is 1.16 bits per heavy atom. The molecule has 2 heteroatoms. The van der Waals surface area contributed by atoms with Gasteiger partial charge in [0.25, 0.3) is 0 Å². The van der Waals surface area contributed by atoms with Crippen molar-refractivity contribution in [3.8, 4) is 9.60 Å². The first-order chi connectivity index (χ1) is 9.06. The molecule has 0 saturated carbocycles. The van der Waals surface area contributed by atoms with E-state index >= 15 is 0 Å². The van der Waals surface area contributed by atoms with E-state index in [0.29, 0.717) is 0 Å². The first-order valence-electron chi connectivity index (χ1n) is 6.49. The molecule has 96 valence electrons. The second-order valence-electron chi connectivity index (χ2n) is 5.49. The summed E-state index contributed by atoms with van der Waals surface area (Å²) in [6, 6.07) is 21.4. The standard InChI is InChI=1S/C14H10P.3CH3.Sn/c1-2-15(13-9-5-3-6-10-13)14-11-7-4-8-12-14;;;;/h3-12H;3*1H3;. The van der Waals surface area contributed by atoms with Gasteiger partial charge in [0, 0.05) is 0 Å². The van der Waals surface area contributed by atoms with E-state index in [4.69, 9.17) is 0 Å². The zero-order chi connectivity index (χ0) is 13.7. The summed E-state index contributed by atoms with van der Waals surface area (Å²) in [5.74, 6) is 0. The quantitative estimate of drug-likeness (QED) is 0.425. The van der Waals surface area contributed by atoms with Gasteiger partial charge in [0.2, 0.25) is 0 Å². The number of hydrogen-bond donors (Lipinski definition) is 0. The van der Waals surface area contributed by atoms with Crippen LogP contribution in [0, 0.1) is 9.60 Å². The van der Waals surface area contributed by atoms with E-state index in [1.54, 1.807) is 0 Å². The van der Waals surface area contributed by atoms with E-state index in [-0.39, 0.29) is 0 Å². The predicted octanol–water partition coefficient (Wildman–Crippen LogP) is 3.96. The van der Waals surface area contributed by atoms with Gasteiger partial charge in [0.1, 0.15) is 0 Å². The zero-order valence-corrected chi connectivity index (χ0v) is 15.5. The molecule has 0 atom stereocenters. The number of rotatable bonds is 2. The predicted molar refractivity (Wildman–Crippen MR) is 90.2 cm³/mol. The third-order valence-electron chi connectivity index (χ3n) is 2.57. The first-order valence-corrected chi connectivity index (χ1v) is 17.8. The van der Waals surface area contributed by atoms with Crippen LogP contribution in [0.3, 0.4) is 0 Å². The van der Waals surface area contributed by atoms with Crippen molar-refractivity contribution in [3.63, 3.8) is 0 Å². The van der Waals surface area contributed by atoms with E-state index in [9.17, 15) is 0 Å². The molecule has 19 heavy (non-hydrogen) atoms. The monoisotopic (exact) mass is 374 g/mol. The SMILES string of the molecule is [CH3][Sn]([CH3])([CH3])[C]#CP(c1ccccc1)c1ccccc1. The molecule has 0 aromatic heterocycles. The normalized spacial score (nSPS) is 10.9. The minimum absolute atomic E-state index is 0.524. The minimum atomic E-state index is -2.04. The van der Waals surface area contributed by atoms with Crippen LogP contribution in [-0.2, 0) is 0 Å². The number of benzene rings is 2. The summed E-state index contributed by atoms with van der Waals surface area (Å²) in [7, 11) is -0.524. The second-order valence-corrected chi connectivity index (χ2v) is 21.0.